The molecule has 3 heteroatoms. The first-order valence-corrected chi connectivity index (χ1v) is 10.7. The van der Waals surface area contributed by atoms with Gasteiger partial charge in [-0.3, -0.25) is 0 Å². The molecule has 154 valence electrons. The summed E-state index contributed by atoms with van der Waals surface area (Å²) < 4.78 is 6.10. The van der Waals surface area contributed by atoms with Crippen LogP contribution in [0.1, 0.15) is 77.0 Å². The van der Waals surface area contributed by atoms with Gasteiger partial charge in [0, 0.05) is 5.56 Å². The molecule has 1 unspecified atom stereocenters. The van der Waals surface area contributed by atoms with Crippen molar-refractivity contribution in [3.05, 3.63) is 65.2 Å². The van der Waals surface area contributed by atoms with Gasteiger partial charge >= 0.3 is 0 Å². The van der Waals surface area contributed by atoms with Crippen molar-refractivity contribution in [3.63, 3.8) is 0 Å². The van der Waals surface area contributed by atoms with E-state index in [9.17, 15) is 0 Å². The number of benzene rings is 2. The van der Waals surface area contributed by atoms with Crippen LogP contribution in [0.2, 0.25) is 0 Å². The predicted molar refractivity (Wildman–Crippen MR) is 124 cm³/mol. The highest BCUT2D eigenvalue weighted by atomic mass is 16.5. The van der Waals surface area contributed by atoms with Gasteiger partial charge in [-0.15, -0.1) is 0 Å². The number of hydrogen-bond acceptors (Lipinski definition) is 3. The van der Waals surface area contributed by atoms with Gasteiger partial charge in [0.25, 0.3) is 0 Å². The zero-order valence-electron chi connectivity index (χ0n) is 18.9. The molecule has 29 heavy (non-hydrogen) atoms. The maximum Gasteiger partial charge on any atom is 0.236 e. The lowest BCUT2D eigenvalue weighted by Crippen LogP contribution is -2.25. The zero-order chi connectivity index (χ0) is 21.2. The summed E-state index contributed by atoms with van der Waals surface area (Å²) >= 11 is 0. The van der Waals surface area contributed by atoms with Gasteiger partial charge in [0.15, 0.2) is 0 Å². The molecule has 1 aliphatic rings. The van der Waals surface area contributed by atoms with Crippen LogP contribution < -0.4 is 0 Å². The van der Waals surface area contributed by atoms with E-state index in [0.29, 0.717) is 24.3 Å². The largest absolute Gasteiger partial charge is 0.474 e. The highest BCUT2D eigenvalue weighted by Crippen LogP contribution is 2.36. The Bertz CT molecular complexity index is 876. The number of para-hydroxylation sites is 1. The fraction of sp³-hybridized carbons (Fsp3) is 0.462. The quantitative estimate of drug-likeness (QED) is 0.511. The highest BCUT2D eigenvalue weighted by Gasteiger charge is 2.32. The molecule has 3 rings (SSSR count). The summed E-state index contributed by atoms with van der Waals surface area (Å²) in [6, 6.07) is 16.9. The van der Waals surface area contributed by atoms with Crippen molar-refractivity contribution in [2.24, 2.45) is 15.4 Å². The zero-order valence-corrected chi connectivity index (χ0v) is 18.9. The van der Waals surface area contributed by atoms with Gasteiger partial charge < -0.3 is 4.74 Å². The van der Waals surface area contributed by atoms with Crippen LogP contribution in [0.3, 0.4) is 0 Å². The van der Waals surface area contributed by atoms with Crippen LogP contribution in [-0.4, -0.2) is 24.3 Å². The summed E-state index contributed by atoms with van der Waals surface area (Å²) in [7, 11) is 0. The fourth-order valence-corrected chi connectivity index (χ4v) is 3.53. The second-order valence-corrected chi connectivity index (χ2v) is 9.55. The summed E-state index contributed by atoms with van der Waals surface area (Å²) in [6.07, 6.45) is 0. The maximum atomic E-state index is 6.10. The van der Waals surface area contributed by atoms with Gasteiger partial charge in [-0.1, -0.05) is 97.0 Å². The predicted octanol–water partition coefficient (Wildman–Crippen LogP) is 6.90. The molecule has 2 aromatic rings. The molecule has 0 aromatic heterocycles. The van der Waals surface area contributed by atoms with E-state index in [1.807, 2.05) is 18.2 Å². The Morgan fingerprint density at radius 2 is 1.52 bits per heavy atom. The summed E-state index contributed by atoms with van der Waals surface area (Å²) in [4.78, 5) is 10.2. The Hall–Kier alpha value is -2.42. The van der Waals surface area contributed by atoms with E-state index < -0.39 is 0 Å². The molecule has 0 radical (unpaired) electrons. The Balaban J connectivity index is 2.21. The Morgan fingerprint density at radius 1 is 0.931 bits per heavy atom. The Labute approximate surface area is 175 Å². The van der Waals surface area contributed by atoms with Crippen molar-refractivity contribution in [1.82, 2.24) is 0 Å². The number of ether oxygens (including phenoxy) is 1. The summed E-state index contributed by atoms with van der Waals surface area (Å²) in [5.74, 6) is 1.43. The molecular weight excluding hydrogens is 356 g/mol. The monoisotopic (exact) mass is 390 g/mol. The van der Waals surface area contributed by atoms with Crippen molar-refractivity contribution in [2.75, 3.05) is 6.61 Å². The molecule has 3 nitrogen and oxygen atoms in total. The first kappa shape index (κ1) is 21.3. The minimum Gasteiger partial charge on any atom is -0.474 e. The molecule has 1 heterocycles. The molecule has 1 aliphatic heterocycles. The van der Waals surface area contributed by atoms with Crippen LogP contribution in [0.15, 0.2) is 58.5 Å². The SMILES string of the molecule is CC(C)c1cccc(C(C)C)c1/N=C(/C1=NC(C(C)(C)C)CO1)c1ccccc1. The van der Waals surface area contributed by atoms with Gasteiger partial charge in [-0.25, -0.2) is 9.98 Å². The molecule has 1 atom stereocenters. The van der Waals surface area contributed by atoms with E-state index in [1.54, 1.807) is 0 Å². The second-order valence-electron chi connectivity index (χ2n) is 9.55. The molecule has 0 amide bonds. The minimum atomic E-state index is 0.0580. The highest BCUT2D eigenvalue weighted by molar-refractivity contribution is 6.46. The molecular formula is C26H34N2O. The average Bonchev–Trinajstić information content (AvgIpc) is 3.16. The smallest absolute Gasteiger partial charge is 0.236 e. The second kappa shape index (κ2) is 8.52. The molecule has 0 N–H and O–H groups in total. The van der Waals surface area contributed by atoms with Crippen molar-refractivity contribution < 1.29 is 4.74 Å². The van der Waals surface area contributed by atoms with E-state index in [-0.39, 0.29) is 11.5 Å². The van der Waals surface area contributed by atoms with Crippen LogP contribution in [-0.2, 0) is 4.74 Å². The van der Waals surface area contributed by atoms with Gasteiger partial charge in [0.05, 0.1) is 11.7 Å². The lowest BCUT2D eigenvalue weighted by Gasteiger charge is -2.21. The molecule has 0 spiro atoms. The lowest BCUT2D eigenvalue weighted by atomic mass is 9.88. The third-order valence-corrected chi connectivity index (χ3v) is 5.47. The first-order valence-electron chi connectivity index (χ1n) is 10.7. The Kier molecular flexibility index (Phi) is 6.26. The third-order valence-electron chi connectivity index (χ3n) is 5.47. The van der Waals surface area contributed by atoms with Crippen LogP contribution in [0.25, 0.3) is 0 Å². The van der Waals surface area contributed by atoms with Gasteiger partial charge in [0.1, 0.15) is 12.3 Å². The fourth-order valence-electron chi connectivity index (χ4n) is 3.53. The van der Waals surface area contributed by atoms with Crippen LogP contribution >= 0.6 is 0 Å². The number of aliphatic imine (C=N–C) groups is 2. The minimum absolute atomic E-state index is 0.0580. The molecule has 2 aromatic carbocycles. The van der Waals surface area contributed by atoms with Gasteiger partial charge in [-0.05, 0) is 28.4 Å². The lowest BCUT2D eigenvalue weighted by molar-refractivity contribution is 0.237. The van der Waals surface area contributed by atoms with E-state index in [0.717, 1.165) is 17.0 Å². The maximum absolute atomic E-state index is 6.10. The molecule has 0 saturated carbocycles. The van der Waals surface area contributed by atoms with Gasteiger partial charge in [0.2, 0.25) is 5.90 Å². The van der Waals surface area contributed by atoms with Crippen molar-refractivity contribution in [2.45, 2.75) is 66.3 Å². The van der Waals surface area contributed by atoms with E-state index >= 15 is 0 Å². The topological polar surface area (TPSA) is 34.0 Å². The summed E-state index contributed by atoms with van der Waals surface area (Å²) in [5, 5.41) is 0. The molecule has 0 fully saturated rings. The Morgan fingerprint density at radius 3 is 2.00 bits per heavy atom. The van der Waals surface area contributed by atoms with Gasteiger partial charge in [-0.2, -0.15) is 0 Å². The third kappa shape index (κ3) is 4.77. The number of rotatable bonds is 5. The number of hydrogen-bond donors (Lipinski definition) is 0. The normalized spacial score (nSPS) is 17.6. The van der Waals surface area contributed by atoms with E-state index in [1.165, 1.54) is 11.1 Å². The average molecular weight is 391 g/mol. The molecule has 0 saturated heterocycles. The van der Waals surface area contributed by atoms with E-state index in [4.69, 9.17) is 14.7 Å². The van der Waals surface area contributed by atoms with Crippen LogP contribution in [0.4, 0.5) is 5.69 Å². The van der Waals surface area contributed by atoms with Crippen LogP contribution in [0.5, 0.6) is 0 Å². The van der Waals surface area contributed by atoms with Crippen molar-refractivity contribution in [3.8, 4) is 0 Å². The van der Waals surface area contributed by atoms with Crippen LogP contribution in [0, 0.1) is 5.41 Å². The van der Waals surface area contributed by atoms with E-state index in [2.05, 4.69) is 78.8 Å². The summed E-state index contributed by atoms with van der Waals surface area (Å²) in [6.45, 7) is 16.1. The molecule has 0 aliphatic carbocycles. The summed E-state index contributed by atoms with van der Waals surface area (Å²) in [5.41, 5.74) is 5.50. The van der Waals surface area contributed by atoms with Crippen molar-refractivity contribution in [1.29, 1.82) is 0 Å². The van der Waals surface area contributed by atoms with Crippen molar-refractivity contribution >= 4 is 17.3 Å². The standard InChI is InChI=1S/C26H34N2O/c1-17(2)20-14-11-15-21(18(3)4)24(20)28-23(19-12-9-8-10-13-19)25-27-22(16-29-25)26(5,6)7/h8-15,17-18,22H,16H2,1-7H3/b28-23+. The number of nitrogens with zero attached hydrogens (tertiary/aromatic N) is 2. The first-order chi connectivity index (χ1) is 13.7. The molecule has 0 bridgehead atoms.